The summed E-state index contributed by atoms with van der Waals surface area (Å²) < 4.78 is 12.2. The summed E-state index contributed by atoms with van der Waals surface area (Å²) in [6, 6.07) is 11.0. The molecule has 4 aromatic rings. The van der Waals surface area contributed by atoms with Gasteiger partial charge in [0.15, 0.2) is 0 Å². The predicted octanol–water partition coefficient (Wildman–Crippen LogP) is 4.21. The highest BCUT2D eigenvalue weighted by Gasteiger charge is 2.50. The summed E-state index contributed by atoms with van der Waals surface area (Å²) in [6.07, 6.45) is 1.65. The zero-order valence-electron chi connectivity index (χ0n) is 22.5. The van der Waals surface area contributed by atoms with Crippen LogP contribution in [0.5, 0.6) is 0 Å². The van der Waals surface area contributed by atoms with Gasteiger partial charge in [-0.3, -0.25) is 0 Å². The van der Waals surface area contributed by atoms with Crippen molar-refractivity contribution in [1.82, 2.24) is 9.55 Å². The Hall–Kier alpha value is -3.62. The fraction of sp³-hybridized carbons (Fsp3) is 0.400. The molecule has 1 unspecified atom stereocenters. The van der Waals surface area contributed by atoms with Gasteiger partial charge in [0.2, 0.25) is 0 Å². The molecule has 3 N–H and O–H groups in total. The molecule has 8 heteroatoms. The van der Waals surface area contributed by atoms with Crippen LogP contribution in [0.15, 0.2) is 36.4 Å². The number of esters is 2. The van der Waals surface area contributed by atoms with Gasteiger partial charge in [-0.2, -0.15) is 0 Å². The summed E-state index contributed by atoms with van der Waals surface area (Å²) in [5.74, 6) is -0.816. The minimum Gasteiger partial charge on any atom is -0.465 e. The Balaban J connectivity index is 1.82. The third-order valence-electron chi connectivity index (χ3n) is 8.00. The average molecular weight is 519 g/mol. The lowest BCUT2D eigenvalue weighted by atomic mass is 9.77. The van der Waals surface area contributed by atoms with Crippen molar-refractivity contribution in [3.63, 3.8) is 0 Å². The van der Waals surface area contributed by atoms with E-state index in [1.807, 2.05) is 24.3 Å². The van der Waals surface area contributed by atoms with Crippen LogP contribution in [0, 0.1) is 0 Å². The fourth-order valence-electron chi connectivity index (χ4n) is 6.74. The molecule has 0 aliphatic carbocycles. The van der Waals surface area contributed by atoms with Crippen molar-refractivity contribution in [1.29, 1.82) is 0 Å². The zero-order valence-corrected chi connectivity index (χ0v) is 22.5. The lowest BCUT2D eigenvalue weighted by Crippen LogP contribution is -2.30. The Morgan fingerprint density at radius 2 is 1.47 bits per heavy atom. The molecule has 0 bridgehead atoms. The number of nitrogens with zero attached hydrogens (tertiary/aromatic N) is 1. The second kappa shape index (κ2) is 9.29. The number of aliphatic hydroxyl groups excluding tert-OH is 2. The first-order chi connectivity index (χ1) is 18.1. The molecule has 5 rings (SSSR count). The van der Waals surface area contributed by atoms with Gasteiger partial charge in [0, 0.05) is 51.8 Å². The first kappa shape index (κ1) is 26.0. The van der Waals surface area contributed by atoms with E-state index in [0.717, 1.165) is 50.7 Å². The van der Waals surface area contributed by atoms with Crippen LogP contribution in [0.25, 0.3) is 21.8 Å². The van der Waals surface area contributed by atoms with Crippen LogP contribution in [0.3, 0.4) is 0 Å². The summed E-state index contributed by atoms with van der Waals surface area (Å²) in [5, 5.41) is 21.8. The van der Waals surface area contributed by atoms with Crippen LogP contribution in [0.4, 0.5) is 0 Å². The summed E-state index contributed by atoms with van der Waals surface area (Å²) in [7, 11) is 2.73. The van der Waals surface area contributed by atoms with E-state index in [0.29, 0.717) is 24.0 Å². The summed E-state index contributed by atoms with van der Waals surface area (Å²) in [5.41, 5.74) is 6.04. The van der Waals surface area contributed by atoms with Crippen LogP contribution in [-0.2, 0) is 33.3 Å². The third kappa shape index (κ3) is 3.74. The molecule has 2 aromatic heterocycles. The normalized spacial score (nSPS) is 18.2. The number of methoxy groups -OCH3 is 2. The number of carbonyl (C=O) groups is 2. The first-order valence-electron chi connectivity index (χ1n) is 12.8. The molecule has 2 aromatic carbocycles. The standard InChI is InChI=1S/C30H34N2O6/c1-29(2)16-30(3,25-19(10-12-33)21-14-17(27(35)37-4)6-8-23(21)31-25)32-24-9-7-18(28(36)38-5)15-22(24)20(11-13-34)26(29)32/h6-9,14-15,31,33-34H,10-13,16H2,1-5H3. The highest BCUT2D eigenvalue weighted by molar-refractivity contribution is 5.98. The first-order valence-corrected chi connectivity index (χ1v) is 12.8. The molecule has 3 heterocycles. The zero-order chi connectivity index (χ0) is 27.4. The fourth-order valence-corrected chi connectivity index (χ4v) is 6.74. The summed E-state index contributed by atoms with van der Waals surface area (Å²) in [4.78, 5) is 28.3. The van der Waals surface area contributed by atoms with E-state index in [9.17, 15) is 19.8 Å². The minimum atomic E-state index is -0.535. The predicted molar refractivity (Wildman–Crippen MR) is 145 cm³/mol. The second-order valence-electron chi connectivity index (χ2n) is 10.9. The Bertz CT molecular complexity index is 1580. The lowest BCUT2D eigenvalue weighted by molar-refractivity contribution is 0.0592. The van der Waals surface area contributed by atoms with Crippen molar-refractivity contribution in [2.45, 2.75) is 51.0 Å². The van der Waals surface area contributed by atoms with Crippen LogP contribution in [-0.4, -0.2) is 59.1 Å². The van der Waals surface area contributed by atoms with Crippen LogP contribution >= 0.6 is 0 Å². The summed E-state index contributed by atoms with van der Waals surface area (Å²) in [6.45, 7) is 6.54. The molecule has 0 spiro atoms. The van der Waals surface area contributed by atoms with Gasteiger partial charge in [0.25, 0.3) is 0 Å². The van der Waals surface area contributed by atoms with Crippen molar-refractivity contribution in [3.05, 3.63) is 70.0 Å². The molecular formula is C30H34N2O6. The smallest absolute Gasteiger partial charge is 0.337 e. The molecule has 1 atom stereocenters. The van der Waals surface area contributed by atoms with Crippen LogP contribution in [0.2, 0.25) is 0 Å². The topological polar surface area (TPSA) is 114 Å². The van der Waals surface area contributed by atoms with Crippen molar-refractivity contribution >= 4 is 33.7 Å². The van der Waals surface area contributed by atoms with Gasteiger partial charge in [-0.1, -0.05) is 13.8 Å². The van der Waals surface area contributed by atoms with E-state index in [4.69, 9.17) is 9.47 Å². The molecule has 200 valence electrons. The molecular weight excluding hydrogens is 484 g/mol. The molecule has 8 nitrogen and oxygen atoms in total. The number of ether oxygens (including phenoxy) is 2. The number of aliphatic hydroxyl groups is 2. The molecule has 38 heavy (non-hydrogen) atoms. The van der Waals surface area contributed by atoms with E-state index >= 15 is 0 Å². The number of carbonyl (C=O) groups excluding carboxylic acids is 2. The Morgan fingerprint density at radius 1 is 0.895 bits per heavy atom. The average Bonchev–Trinajstić information content (AvgIpc) is 3.51. The third-order valence-corrected chi connectivity index (χ3v) is 8.00. The van der Waals surface area contributed by atoms with Crippen LogP contribution < -0.4 is 0 Å². The molecule has 0 fully saturated rings. The lowest BCUT2D eigenvalue weighted by Gasteiger charge is -2.30. The molecule has 0 saturated heterocycles. The van der Waals surface area contributed by atoms with Gasteiger partial charge in [-0.05, 0) is 73.7 Å². The highest BCUT2D eigenvalue weighted by atomic mass is 16.5. The number of nitrogens with one attached hydrogen (secondary N) is 1. The van der Waals surface area contributed by atoms with Gasteiger partial charge >= 0.3 is 11.9 Å². The number of fused-ring (bicyclic) bond motifs is 4. The second-order valence-corrected chi connectivity index (χ2v) is 10.9. The number of hydrogen-bond donors (Lipinski definition) is 3. The van der Waals surface area contributed by atoms with Gasteiger partial charge < -0.3 is 29.2 Å². The molecule has 1 aliphatic heterocycles. The molecule has 1 aliphatic rings. The van der Waals surface area contributed by atoms with Crippen molar-refractivity contribution in [2.24, 2.45) is 0 Å². The maximum absolute atomic E-state index is 12.4. The van der Waals surface area contributed by atoms with E-state index < -0.39 is 17.5 Å². The molecule has 0 radical (unpaired) electrons. The van der Waals surface area contributed by atoms with Crippen molar-refractivity contribution in [2.75, 3.05) is 27.4 Å². The van der Waals surface area contributed by atoms with Gasteiger partial charge in [0.05, 0.1) is 30.9 Å². The number of aromatic amines is 1. The molecule has 0 saturated carbocycles. The maximum atomic E-state index is 12.4. The van der Waals surface area contributed by atoms with Crippen molar-refractivity contribution < 1.29 is 29.3 Å². The van der Waals surface area contributed by atoms with Gasteiger partial charge in [-0.25, -0.2) is 9.59 Å². The van der Waals surface area contributed by atoms with Gasteiger partial charge in [0.1, 0.15) is 0 Å². The van der Waals surface area contributed by atoms with Crippen molar-refractivity contribution in [3.8, 4) is 0 Å². The van der Waals surface area contributed by atoms with Gasteiger partial charge in [-0.15, -0.1) is 0 Å². The Labute approximate surface area is 221 Å². The maximum Gasteiger partial charge on any atom is 0.337 e. The van der Waals surface area contributed by atoms with E-state index in [2.05, 4.69) is 30.3 Å². The van der Waals surface area contributed by atoms with E-state index in [-0.39, 0.29) is 18.6 Å². The highest BCUT2D eigenvalue weighted by Crippen LogP contribution is 2.54. The number of hydrogen-bond acceptors (Lipinski definition) is 6. The summed E-state index contributed by atoms with van der Waals surface area (Å²) >= 11 is 0. The minimum absolute atomic E-state index is 0.0141. The Kier molecular flexibility index (Phi) is 6.36. The SMILES string of the molecule is COC(=O)c1ccc2[nH]c(C3(C)CC(C)(C)c4c(CCO)c5cc(C(=O)OC)ccc5n43)c(CCO)c2c1. The number of rotatable bonds is 7. The number of aromatic nitrogens is 2. The van der Waals surface area contributed by atoms with E-state index in [1.54, 1.807) is 12.1 Å². The number of H-pyrrole nitrogens is 1. The van der Waals surface area contributed by atoms with E-state index in [1.165, 1.54) is 14.2 Å². The molecule has 0 amide bonds. The van der Waals surface area contributed by atoms with Crippen LogP contribution in [0.1, 0.15) is 70.4 Å². The Morgan fingerprint density at radius 3 is 2.08 bits per heavy atom. The monoisotopic (exact) mass is 518 g/mol. The largest absolute Gasteiger partial charge is 0.465 e. The quantitative estimate of drug-likeness (QED) is 0.316. The number of benzene rings is 2.